The van der Waals surface area contributed by atoms with Gasteiger partial charge in [-0.05, 0) is 105 Å². The molecule has 0 bridgehead atoms. The summed E-state index contributed by atoms with van der Waals surface area (Å²) in [5, 5.41) is 5.51. The smallest absolute Gasteiger partial charge is 0.335 e. The molecule has 9 nitrogen and oxygen atoms in total. The lowest BCUT2D eigenvalue weighted by Crippen LogP contribution is -2.54. The molecule has 0 aromatic heterocycles. The summed E-state index contributed by atoms with van der Waals surface area (Å²) in [6, 6.07) is 13.4. The van der Waals surface area contributed by atoms with Crippen LogP contribution in [0.4, 0.5) is 16.2 Å². The molecule has 1 saturated heterocycles. The zero-order valence-corrected chi connectivity index (χ0v) is 25.3. The van der Waals surface area contributed by atoms with Crippen LogP contribution in [-0.2, 0) is 14.4 Å². The zero-order chi connectivity index (χ0) is 29.0. The molecule has 0 spiro atoms. The minimum absolute atomic E-state index is 0.248. The Bertz CT molecular complexity index is 1520. The molecule has 0 atom stereocenters. The van der Waals surface area contributed by atoms with Crippen LogP contribution in [0.5, 0.6) is 11.5 Å². The van der Waals surface area contributed by atoms with E-state index in [0.29, 0.717) is 48.3 Å². The van der Waals surface area contributed by atoms with Gasteiger partial charge in [0.1, 0.15) is 17.1 Å². The van der Waals surface area contributed by atoms with Crippen molar-refractivity contribution in [2.24, 2.45) is 0 Å². The van der Waals surface area contributed by atoms with E-state index in [1.165, 1.54) is 12.1 Å². The first-order chi connectivity index (χ1) is 19.1. The summed E-state index contributed by atoms with van der Waals surface area (Å²) in [6.07, 6.45) is 1.35. The van der Waals surface area contributed by atoms with E-state index in [-0.39, 0.29) is 17.9 Å². The van der Waals surface area contributed by atoms with E-state index in [2.05, 4.69) is 42.5 Å². The number of barbiturate groups is 1. The maximum atomic E-state index is 13.2. The SMILES string of the molecule is CCOc1ccc(N2C(=O)NC(=O)/C(=C\c3cc(Br)c(OCC(=O)Nc4ccc(Cl)c(Cl)c4)c(Br)c3)C2=O)cc1. The van der Waals surface area contributed by atoms with Gasteiger partial charge in [-0.1, -0.05) is 23.2 Å². The normalized spacial score (nSPS) is 14.3. The quantitative estimate of drug-likeness (QED) is 0.201. The number of nitrogens with zero attached hydrogens (tertiary/aromatic N) is 1. The van der Waals surface area contributed by atoms with Gasteiger partial charge in [-0.25, -0.2) is 9.69 Å². The number of carbonyl (C=O) groups is 4. The minimum Gasteiger partial charge on any atom is -0.494 e. The standard InChI is InChI=1S/C27H19Br2Cl2N3O6/c1-2-39-17-6-4-16(5-7-17)34-26(37)18(25(36)33-27(34)38)9-14-10-19(28)24(20(29)11-14)40-13-23(35)32-15-3-8-21(30)22(31)12-15/h3-12H,2,13H2,1H3,(H,32,35)(H,33,36,38)/b18-9+. The Kier molecular flexibility index (Phi) is 9.52. The second-order valence-corrected chi connectivity index (χ2v) is 10.7. The second-order valence-electron chi connectivity index (χ2n) is 8.16. The fourth-order valence-corrected chi connectivity index (χ4v) is 5.37. The van der Waals surface area contributed by atoms with Gasteiger partial charge in [0.25, 0.3) is 17.7 Å². The number of nitrogens with one attached hydrogen (secondary N) is 2. The van der Waals surface area contributed by atoms with Crippen LogP contribution < -0.4 is 25.0 Å². The molecule has 0 unspecified atom stereocenters. The first-order valence-corrected chi connectivity index (χ1v) is 13.9. The number of anilines is 2. The van der Waals surface area contributed by atoms with Crippen molar-refractivity contribution >= 4 is 96.3 Å². The van der Waals surface area contributed by atoms with Crippen LogP contribution >= 0.6 is 55.1 Å². The molecule has 3 aromatic carbocycles. The van der Waals surface area contributed by atoms with E-state index in [1.807, 2.05) is 6.92 Å². The van der Waals surface area contributed by atoms with Gasteiger partial charge in [-0.15, -0.1) is 0 Å². The molecule has 1 heterocycles. The van der Waals surface area contributed by atoms with E-state index in [9.17, 15) is 19.2 Å². The highest BCUT2D eigenvalue weighted by Crippen LogP contribution is 2.36. The third kappa shape index (κ3) is 6.84. The highest BCUT2D eigenvalue weighted by Gasteiger charge is 2.36. The molecule has 13 heteroatoms. The number of halogens is 4. The van der Waals surface area contributed by atoms with E-state index < -0.39 is 23.8 Å². The summed E-state index contributed by atoms with van der Waals surface area (Å²) < 4.78 is 11.9. The molecule has 2 N–H and O–H groups in total. The van der Waals surface area contributed by atoms with Gasteiger partial charge in [-0.3, -0.25) is 19.7 Å². The molecule has 3 aromatic rings. The summed E-state index contributed by atoms with van der Waals surface area (Å²) >= 11 is 18.7. The lowest BCUT2D eigenvalue weighted by atomic mass is 10.1. The predicted molar refractivity (Wildman–Crippen MR) is 159 cm³/mol. The van der Waals surface area contributed by atoms with Crippen molar-refractivity contribution in [2.75, 3.05) is 23.4 Å². The Labute approximate surface area is 255 Å². The number of benzene rings is 3. The minimum atomic E-state index is -0.860. The fourth-order valence-electron chi connectivity index (χ4n) is 3.63. The summed E-state index contributed by atoms with van der Waals surface area (Å²) in [5.41, 5.74) is 0.929. The third-order valence-corrected chi connectivity index (χ3v) is 7.31. The van der Waals surface area contributed by atoms with Gasteiger partial charge in [-0.2, -0.15) is 0 Å². The van der Waals surface area contributed by atoms with Crippen LogP contribution in [0.1, 0.15) is 12.5 Å². The number of hydrogen-bond acceptors (Lipinski definition) is 6. The molecule has 40 heavy (non-hydrogen) atoms. The highest BCUT2D eigenvalue weighted by atomic mass is 79.9. The van der Waals surface area contributed by atoms with Gasteiger partial charge in [0.15, 0.2) is 6.61 Å². The summed E-state index contributed by atoms with van der Waals surface area (Å²) in [4.78, 5) is 51.5. The van der Waals surface area contributed by atoms with Crippen LogP contribution in [-0.4, -0.2) is 37.0 Å². The van der Waals surface area contributed by atoms with Crippen LogP contribution in [0.15, 0.2) is 69.1 Å². The third-order valence-electron chi connectivity index (χ3n) is 5.39. The van der Waals surface area contributed by atoms with Crippen molar-refractivity contribution < 1.29 is 28.7 Å². The van der Waals surface area contributed by atoms with Crippen molar-refractivity contribution in [1.29, 1.82) is 0 Å². The molecule has 0 aliphatic carbocycles. The summed E-state index contributed by atoms with van der Waals surface area (Å²) in [6.45, 7) is 1.98. The van der Waals surface area contributed by atoms with E-state index >= 15 is 0 Å². The average molecular weight is 712 g/mol. The van der Waals surface area contributed by atoms with Gasteiger partial charge in [0, 0.05) is 5.69 Å². The molecule has 4 rings (SSSR count). The van der Waals surface area contributed by atoms with E-state index in [0.717, 1.165) is 4.90 Å². The van der Waals surface area contributed by atoms with Crippen molar-refractivity contribution in [1.82, 2.24) is 5.32 Å². The number of carbonyl (C=O) groups excluding carboxylic acids is 4. The van der Waals surface area contributed by atoms with Crippen LogP contribution in [0.3, 0.4) is 0 Å². The van der Waals surface area contributed by atoms with Crippen LogP contribution in [0, 0.1) is 0 Å². The zero-order valence-electron chi connectivity index (χ0n) is 20.6. The highest BCUT2D eigenvalue weighted by molar-refractivity contribution is 9.11. The predicted octanol–water partition coefficient (Wildman–Crippen LogP) is 6.60. The molecule has 5 amide bonds. The van der Waals surface area contributed by atoms with Gasteiger partial charge >= 0.3 is 6.03 Å². The first-order valence-electron chi connectivity index (χ1n) is 11.6. The molecular weight excluding hydrogens is 693 g/mol. The lowest BCUT2D eigenvalue weighted by molar-refractivity contribution is -0.122. The first kappa shape index (κ1) is 29.6. The number of hydrogen-bond donors (Lipinski definition) is 2. The average Bonchev–Trinajstić information content (AvgIpc) is 2.89. The van der Waals surface area contributed by atoms with Crippen molar-refractivity contribution in [3.63, 3.8) is 0 Å². The molecule has 1 aliphatic rings. The molecule has 1 aliphatic heterocycles. The largest absolute Gasteiger partial charge is 0.494 e. The van der Waals surface area contributed by atoms with Crippen molar-refractivity contribution in [3.8, 4) is 11.5 Å². The van der Waals surface area contributed by atoms with Gasteiger partial charge in [0.05, 0.1) is 31.3 Å². The summed E-state index contributed by atoms with van der Waals surface area (Å²) in [5.74, 6) is -1.16. The Balaban J connectivity index is 1.50. The Morgan fingerprint density at radius 2 is 1.65 bits per heavy atom. The van der Waals surface area contributed by atoms with Gasteiger partial charge in [0.2, 0.25) is 0 Å². The maximum Gasteiger partial charge on any atom is 0.335 e. The molecule has 206 valence electrons. The fraction of sp³-hybridized carbons (Fsp3) is 0.111. The monoisotopic (exact) mass is 709 g/mol. The molecule has 0 saturated carbocycles. The molecule has 1 fully saturated rings. The maximum absolute atomic E-state index is 13.2. The second kappa shape index (κ2) is 12.9. The Morgan fingerprint density at radius 1 is 0.975 bits per heavy atom. The van der Waals surface area contributed by atoms with Crippen LogP contribution in [0.2, 0.25) is 10.0 Å². The van der Waals surface area contributed by atoms with E-state index in [1.54, 1.807) is 48.5 Å². The Morgan fingerprint density at radius 3 is 2.27 bits per heavy atom. The van der Waals surface area contributed by atoms with Crippen molar-refractivity contribution in [3.05, 3.63) is 84.7 Å². The number of rotatable bonds is 8. The molecule has 0 radical (unpaired) electrons. The number of urea groups is 1. The number of imide groups is 2. The van der Waals surface area contributed by atoms with Crippen LogP contribution in [0.25, 0.3) is 6.08 Å². The molecular formula is C27H19Br2Cl2N3O6. The van der Waals surface area contributed by atoms with E-state index in [4.69, 9.17) is 32.7 Å². The van der Waals surface area contributed by atoms with Gasteiger partial charge < -0.3 is 14.8 Å². The van der Waals surface area contributed by atoms with Crippen molar-refractivity contribution in [2.45, 2.75) is 6.92 Å². The topological polar surface area (TPSA) is 114 Å². The number of amides is 5. The lowest BCUT2D eigenvalue weighted by Gasteiger charge is -2.26. The Hall–Kier alpha value is -3.38. The number of ether oxygens (including phenoxy) is 2. The summed E-state index contributed by atoms with van der Waals surface area (Å²) in [7, 11) is 0.